The molecule has 0 spiro atoms. The van der Waals surface area contributed by atoms with Crippen molar-refractivity contribution in [1.82, 2.24) is 0 Å². The summed E-state index contributed by atoms with van der Waals surface area (Å²) in [6.07, 6.45) is 0. The molecule has 0 aliphatic heterocycles. The summed E-state index contributed by atoms with van der Waals surface area (Å²) in [5.41, 5.74) is 0. The van der Waals surface area contributed by atoms with E-state index in [4.69, 9.17) is 0 Å². The van der Waals surface area contributed by atoms with E-state index in [0.717, 1.165) is 0 Å². The summed E-state index contributed by atoms with van der Waals surface area (Å²) in [5.74, 6) is -28.2. The van der Waals surface area contributed by atoms with Gasteiger partial charge in [-0.2, -0.15) is 39.5 Å². The first-order valence-corrected chi connectivity index (χ1v) is 8.64. The fourth-order valence-corrected chi connectivity index (χ4v) is 3.01. The average molecular weight is 614 g/mol. The quantitative estimate of drug-likeness (QED) is 0.117. The van der Waals surface area contributed by atoms with Gasteiger partial charge in [-0.3, -0.25) is 0 Å². The first-order valence-electron chi connectivity index (χ1n) is 6.00. The molecule has 0 N–H and O–H groups in total. The molecule has 30 heavy (non-hydrogen) atoms. The van der Waals surface area contributed by atoms with Crippen molar-refractivity contribution < 1.29 is 52.7 Å². The van der Waals surface area contributed by atoms with Crippen LogP contribution in [0, 0.1) is 4.91 Å². The van der Waals surface area contributed by atoms with Gasteiger partial charge in [0.25, 0.3) is 3.79 Å². The minimum atomic E-state index is -7.50. The fourth-order valence-electron chi connectivity index (χ4n) is 1.41. The number of rotatable bonds is 8. The Hall–Kier alpha value is 0.790. The third kappa shape index (κ3) is 3.87. The molecule has 0 aromatic carbocycles. The third-order valence-electron chi connectivity index (χ3n) is 3.21. The van der Waals surface area contributed by atoms with Crippen molar-refractivity contribution >= 4 is 81.2 Å². The molecule has 4 unspecified atom stereocenters. The van der Waals surface area contributed by atoms with Crippen LogP contribution in [0.15, 0.2) is 5.18 Å². The van der Waals surface area contributed by atoms with E-state index in [1.165, 1.54) is 0 Å². The lowest BCUT2D eigenvalue weighted by Gasteiger charge is -2.46. The number of nitroso groups, excluding NO2 is 1. The zero-order valence-electron chi connectivity index (χ0n) is 12.5. The molecule has 2 nitrogen and oxygen atoms in total. The smallest absolute Gasteiger partial charge is 0.212 e. The van der Waals surface area contributed by atoms with E-state index < -0.39 is 48.1 Å². The highest BCUT2D eigenvalue weighted by Crippen LogP contribution is 2.67. The molecule has 0 saturated carbocycles. The monoisotopic (exact) mass is 611 g/mol. The summed E-state index contributed by atoms with van der Waals surface area (Å²) >= 11 is 29.4. The van der Waals surface area contributed by atoms with E-state index in [-0.39, 0.29) is 0 Å². The Labute approximate surface area is 191 Å². The summed E-state index contributed by atoms with van der Waals surface area (Å²) in [5, 5.41) is -25.8. The van der Waals surface area contributed by atoms with Crippen LogP contribution in [0.3, 0.4) is 0 Å². The normalized spacial score (nSPS) is 23.0. The lowest BCUT2D eigenvalue weighted by molar-refractivity contribution is -0.322. The number of halogens is 19. The lowest BCUT2D eigenvalue weighted by Crippen LogP contribution is -2.74. The maximum absolute atomic E-state index is 14.1. The van der Waals surface area contributed by atoms with Gasteiger partial charge in [0, 0.05) is 0 Å². The molecule has 0 radical (unpaired) electrons. The Bertz CT molecular complexity index is 677. The van der Waals surface area contributed by atoms with Crippen LogP contribution in [0.25, 0.3) is 0 Å². The SMILES string of the molecule is O=NC(F)(Cl)C(F)(F)C(F)(Cl)C(F)(F)C(F)(Cl)C(F)(F)C(F)(Cl)C(F)(F)C(Cl)(Cl)Cl. The summed E-state index contributed by atoms with van der Waals surface area (Å²) in [6, 6.07) is 0. The van der Waals surface area contributed by atoms with E-state index in [1.807, 2.05) is 0 Å². The van der Waals surface area contributed by atoms with E-state index in [9.17, 15) is 57.6 Å². The topological polar surface area (TPSA) is 29.4 Å². The minimum absolute atomic E-state index is 0.652. The third-order valence-corrected chi connectivity index (χ3v) is 5.66. The molecule has 0 bridgehead atoms. The van der Waals surface area contributed by atoms with Gasteiger partial charge < -0.3 is 0 Å². The van der Waals surface area contributed by atoms with Crippen LogP contribution in [0.4, 0.5) is 52.7 Å². The molecule has 0 aliphatic rings. The molecule has 0 amide bonds. The highest BCUT2D eigenvalue weighted by Gasteiger charge is 2.92. The lowest BCUT2D eigenvalue weighted by atomic mass is 9.92. The average Bonchev–Trinajstić information content (AvgIpc) is 2.52. The van der Waals surface area contributed by atoms with Gasteiger partial charge >= 0.3 is 44.3 Å². The van der Waals surface area contributed by atoms with Crippen LogP contribution in [-0.2, 0) is 0 Å². The number of nitrogens with zero attached hydrogens (tertiary/aromatic N) is 1. The first-order chi connectivity index (χ1) is 12.6. The van der Waals surface area contributed by atoms with Crippen molar-refractivity contribution in [2.45, 2.75) is 48.1 Å². The van der Waals surface area contributed by atoms with Crippen LogP contribution in [0.2, 0.25) is 0 Å². The zero-order valence-corrected chi connectivity index (χ0v) is 17.8. The van der Waals surface area contributed by atoms with E-state index in [1.54, 1.807) is 0 Å². The Morgan fingerprint density at radius 2 is 0.667 bits per heavy atom. The highest BCUT2D eigenvalue weighted by molar-refractivity contribution is 6.68. The van der Waals surface area contributed by atoms with Crippen molar-refractivity contribution in [2.75, 3.05) is 0 Å². The molecule has 180 valence electrons. The molecule has 0 aliphatic carbocycles. The van der Waals surface area contributed by atoms with Crippen molar-refractivity contribution in [1.29, 1.82) is 0 Å². The molecule has 0 aromatic heterocycles. The van der Waals surface area contributed by atoms with Gasteiger partial charge in [0.2, 0.25) is 0 Å². The molecule has 4 atom stereocenters. The number of hydrogen-bond acceptors (Lipinski definition) is 2. The Morgan fingerprint density at radius 1 is 0.433 bits per heavy atom. The van der Waals surface area contributed by atoms with Gasteiger partial charge in [-0.15, -0.1) is 4.91 Å². The summed E-state index contributed by atoms with van der Waals surface area (Å²) < 4.78 is 161. The Morgan fingerprint density at radius 3 is 0.900 bits per heavy atom. The molecule has 0 heterocycles. The molecule has 0 fully saturated rings. The van der Waals surface area contributed by atoms with Crippen LogP contribution in [0.1, 0.15) is 0 Å². The van der Waals surface area contributed by atoms with Crippen molar-refractivity contribution in [3.05, 3.63) is 4.91 Å². The van der Waals surface area contributed by atoms with Gasteiger partial charge in [0.05, 0.1) is 0 Å². The predicted molar refractivity (Wildman–Crippen MR) is 84.6 cm³/mol. The van der Waals surface area contributed by atoms with Crippen LogP contribution in [0.5, 0.6) is 0 Å². The number of hydrogen-bond donors (Lipinski definition) is 0. The molecule has 0 aromatic rings. The molecular weight excluding hydrogens is 614 g/mol. The molecular formula is C9Cl7F12NO. The van der Waals surface area contributed by atoms with Gasteiger partial charge in [-0.05, 0) is 16.8 Å². The zero-order chi connectivity index (χ0) is 25.2. The van der Waals surface area contributed by atoms with E-state index in [0.29, 0.717) is 5.18 Å². The number of alkyl halides is 19. The Kier molecular flexibility index (Phi) is 8.14. The first kappa shape index (κ1) is 30.8. The van der Waals surface area contributed by atoms with Crippen LogP contribution < -0.4 is 0 Å². The minimum Gasteiger partial charge on any atom is -0.212 e. The van der Waals surface area contributed by atoms with Gasteiger partial charge in [0.1, 0.15) is 0 Å². The van der Waals surface area contributed by atoms with E-state index in [2.05, 4.69) is 81.2 Å². The predicted octanol–water partition coefficient (Wildman–Crippen LogP) is 8.24. The summed E-state index contributed by atoms with van der Waals surface area (Å²) in [4.78, 5) is 9.89. The van der Waals surface area contributed by atoms with Crippen molar-refractivity contribution in [2.24, 2.45) is 5.18 Å². The van der Waals surface area contributed by atoms with Crippen LogP contribution in [-0.4, -0.2) is 48.1 Å². The maximum Gasteiger partial charge on any atom is 0.380 e. The molecule has 0 rings (SSSR count). The van der Waals surface area contributed by atoms with Gasteiger partial charge in [-0.25, -0.2) is 13.2 Å². The standard InChI is InChI=1S/C9Cl7F12NO/c10-1(17,4(20,21)2(11,18)6(24,25)8(13,14)15)5(22,23)3(12,19)7(26,27)9(16,28)29-30. The summed E-state index contributed by atoms with van der Waals surface area (Å²) in [6.45, 7) is 0. The van der Waals surface area contributed by atoms with Crippen molar-refractivity contribution in [3.63, 3.8) is 0 Å². The van der Waals surface area contributed by atoms with Crippen LogP contribution >= 0.6 is 81.2 Å². The Balaban J connectivity index is 6.89. The second-order valence-electron chi connectivity index (χ2n) is 5.15. The highest BCUT2D eigenvalue weighted by atomic mass is 35.6. The molecule has 0 saturated heterocycles. The molecule has 21 heteroatoms. The van der Waals surface area contributed by atoms with Gasteiger partial charge in [0.15, 0.2) is 0 Å². The van der Waals surface area contributed by atoms with E-state index >= 15 is 0 Å². The maximum atomic E-state index is 14.1. The van der Waals surface area contributed by atoms with Crippen molar-refractivity contribution in [3.8, 4) is 0 Å². The second-order valence-corrected chi connectivity index (χ2v) is 9.50. The second kappa shape index (κ2) is 7.93. The fraction of sp³-hybridized carbons (Fsp3) is 1.00. The summed E-state index contributed by atoms with van der Waals surface area (Å²) in [7, 11) is 0. The van der Waals surface area contributed by atoms with Gasteiger partial charge in [-0.1, -0.05) is 69.6 Å². The largest absolute Gasteiger partial charge is 0.380 e.